The van der Waals surface area contributed by atoms with Gasteiger partial charge in [0.25, 0.3) is 0 Å². The molecule has 6 nitrogen and oxygen atoms in total. The third kappa shape index (κ3) is 49.6. The highest BCUT2D eigenvalue weighted by Gasteiger charge is 2.20. The van der Waals surface area contributed by atoms with E-state index in [9.17, 15) is 19.8 Å². The first-order valence-corrected chi connectivity index (χ1v) is 28.1. The molecule has 2 atom stereocenters. The second-order valence-corrected chi connectivity index (χ2v) is 19.3. The molecule has 0 rings (SSSR count). The SMILES string of the molecule is CCCCCCCC/C=C\CCCCCCCCCCCC(=O)OCCCCCC/C=C\CCCC(=O)NC(CO)C(O)CCCCCCCCCCCCCCCCCCCC. The zero-order valence-corrected chi connectivity index (χ0v) is 42.3. The van der Waals surface area contributed by atoms with Crippen molar-refractivity contribution in [3.05, 3.63) is 24.3 Å². The normalized spacial score (nSPS) is 12.8. The zero-order chi connectivity index (χ0) is 45.8. The van der Waals surface area contributed by atoms with Gasteiger partial charge in [-0.15, -0.1) is 0 Å². The minimum Gasteiger partial charge on any atom is -0.466 e. The maximum atomic E-state index is 12.5. The monoisotopic (exact) mass is 888 g/mol. The first-order chi connectivity index (χ1) is 31.0. The lowest BCUT2D eigenvalue weighted by atomic mass is 10.0. The molecule has 6 heteroatoms. The van der Waals surface area contributed by atoms with Crippen molar-refractivity contribution in [2.24, 2.45) is 0 Å². The molecule has 0 saturated heterocycles. The standard InChI is InChI=1S/C57H109NO5/c1-3-5-7-9-11-13-15-17-19-21-23-25-27-29-31-35-39-43-47-51-57(62)63-52-48-44-40-36-32-34-38-42-46-50-56(61)58-54(53-59)55(60)49-45-41-37-33-30-28-26-24-22-20-18-16-14-12-10-8-6-4-2/h17,19,34,38,54-55,59-60H,3-16,18,20-33,35-37,39-53H2,1-2H3,(H,58,61)/b19-17-,38-34-. The van der Waals surface area contributed by atoms with Gasteiger partial charge >= 0.3 is 5.97 Å². The van der Waals surface area contributed by atoms with E-state index in [4.69, 9.17) is 4.74 Å². The van der Waals surface area contributed by atoms with Crippen LogP contribution in [0.2, 0.25) is 0 Å². The number of amides is 1. The third-order valence-electron chi connectivity index (χ3n) is 13.0. The molecule has 0 aliphatic rings. The van der Waals surface area contributed by atoms with Crippen molar-refractivity contribution in [3.63, 3.8) is 0 Å². The van der Waals surface area contributed by atoms with Crippen LogP contribution in [0.1, 0.15) is 303 Å². The van der Waals surface area contributed by atoms with Crippen molar-refractivity contribution in [2.45, 2.75) is 315 Å². The summed E-state index contributed by atoms with van der Waals surface area (Å²) in [5.41, 5.74) is 0. The van der Waals surface area contributed by atoms with Crippen LogP contribution in [0.5, 0.6) is 0 Å². The van der Waals surface area contributed by atoms with Crippen LogP contribution in [0, 0.1) is 0 Å². The van der Waals surface area contributed by atoms with Crippen molar-refractivity contribution in [1.82, 2.24) is 5.32 Å². The van der Waals surface area contributed by atoms with Crippen molar-refractivity contribution in [1.29, 1.82) is 0 Å². The molecule has 0 saturated carbocycles. The smallest absolute Gasteiger partial charge is 0.305 e. The van der Waals surface area contributed by atoms with Gasteiger partial charge in [0, 0.05) is 12.8 Å². The molecule has 63 heavy (non-hydrogen) atoms. The highest BCUT2D eigenvalue weighted by molar-refractivity contribution is 5.76. The molecule has 0 aromatic rings. The molecule has 0 bridgehead atoms. The van der Waals surface area contributed by atoms with Crippen LogP contribution in [-0.4, -0.2) is 47.4 Å². The first kappa shape index (κ1) is 61.3. The second kappa shape index (κ2) is 53.0. The molecule has 0 aromatic heterocycles. The van der Waals surface area contributed by atoms with Gasteiger partial charge < -0.3 is 20.3 Å². The minimum atomic E-state index is -0.695. The Morgan fingerprint density at radius 1 is 0.429 bits per heavy atom. The predicted molar refractivity (Wildman–Crippen MR) is 273 cm³/mol. The fraction of sp³-hybridized carbons (Fsp3) is 0.895. The average molecular weight is 889 g/mol. The van der Waals surface area contributed by atoms with Crippen LogP contribution in [0.15, 0.2) is 24.3 Å². The zero-order valence-electron chi connectivity index (χ0n) is 42.3. The van der Waals surface area contributed by atoms with E-state index in [1.165, 1.54) is 199 Å². The van der Waals surface area contributed by atoms with Crippen LogP contribution in [0.3, 0.4) is 0 Å². The Hall–Kier alpha value is -1.66. The number of carbonyl (C=O) groups excluding carboxylic acids is 2. The van der Waals surface area contributed by atoms with Gasteiger partial charge in [-0.25, -0.2) is 0 Å². The van der Waals surface area contributed by atoms with Crippen molar-refractivity contribution in [3.8, 4) is 0 Å². The maximum Gasteiger partial charge on any atom is 0.305 e. The molecule has 0 fully saturated rings. The van der Waals surface area contributed by atoms with E-state index in [0.29, 0.717) is 25.9 Å². The molecule has 0 heterocycles. The fourth-order valence-electron chi connectivity index (χ4n) is 8.64. The van der Waals surface area contributed by atoms with Gasteiger partial charge in [-0.2, -0.15) is 0 Å². The van der Waals surface area contributed by atoms with Gasteiger partial charge in [-0.1, -0.05) is 244 Å². The molecule has 372 valence electrons. The number of allylic oxidation sites excluding steroid dienone is 4. The fourth-order valence-corrected chi connectivity index (χ4v) is 8.64. The van der Waals surface area contributed by atoms with E-state index in [0.717, 1.165) is 70.6 Å². The Morgan fingerprint density at radius 3 is 1.16 bits per heavy atom. The van der Waals surface area contributed by atoms with Gasteiger partial charge in [-0.05, 0) is 70.6 Å². The number of unbranched alkanes of at least 4 members (excludes halogenated alkanes) is 37. The van der Waals surface area contributed by atoms with E-state index in [1.807, 2.05) is 0 Å². The number of carbonyl (C=O) groups is 2. The summed E-state index contributed by atoms with van der Waals surface area (Å²) in [6.07, 6.45) is 63.1. The summed E-state index contributed by atoms with van der Waals surface area (Å²) in [5.74, 6) is -0.129. The number of esters is 1. The number of hydrogen-bond donors (Lipinski definition) is 3. The van der Waals surface area contributed by atoms with Crippen molar-refractivity contribution in [2.75, 3.05) is 13.2 Å². The average Bonchev–Trinajstić information content (AvgIpc) is 3.28. The van der Waals surface area contributed by atoms with E-state index in [2.05, 4.69) is 43.5 Å². The molecule has 1 amide bonds. The maximum absolute atomic E-state index is 12.5. The molecular formula is C57H109NO5. The van der Waals surface area contributed by atoms with Gasteiger partial charge in [-0.3, -0.25) is 9.59 Å². The van der Waals surface area contributed by atoms with Gasteiger partial charge in [0.15, 0.2) is 0 Å². The second-order valence-electron chi connectivity index (χ2n) is 19.3. The molecular weight excluding hydrogens is 779 g/mol. The Balaban J connectivity index is 3.51. The quantitative estimate of drug-likeness (QED) is 0.0321. The lowest BCUT2D eigenvalue weighted by Crippen LogP contribution is -2.45. The highest BCUT2D eigenvalue weighted by Crippen LogP contribution is 2.17. The summed E-state index contributed by atoms with van der Waals surface area (Å²) >= 11 is 0. The minimum absolute atomic E-state index is 0.0356. The van der Waals surface area contributed by atoms with E-state index in [-0.39, 0.29) is 18.5 Å². The number of aliphatic hydroxyl groups excluding tert-OH is 2. The summed E-state index contributed by atoms with van der Waals surface area (Å²) in [5, 5.41) is 23.2. The predicted octanol–water partition coefficient (Wildman–Crippen LogP) is 17.1. The van der Waals surface area contributed by atoms with Gasteiger partial charge in [0.2, 0.25) is 5.91 Å². The Bertz CT molecular complexity index is 982. The van der Waals surface area contributed by atoms with Crippen molar-refractivity contribution >= 4 is 11.9 Å². The van der Waals surface area contributed by atoms with Gasteiger partial charge in [0.1, 0.15) is 0 Å². The molecule has 3 N–H and O–H groups in total. The first-order valence-electron chi connectivity index (χ1n) is 28.1. The number of ether oxygens (including phenoxy) is 1. The van der Waals surface area contributed by atoms with Crippen LogP contribution in [-0.2, 0) is 14.3 Å². The Labute approximate surface area is 392 Å². The molecule has 0 aliphatic heterocycles. The van der Waals surface area contributed by atoms with E-state index in [1.54, 1.807) is 0 Å². The summed E-state index contributed by atoms with van der Waals surface area (Å²) in [6, 6.07) is -0.579. The van der Waals surface area contributed by atoms with Crippen LogP contribution >= 0.6 is 0 Å². The summed E-state index contributed by atoms with van der Waals surface area (Å²) in [4.78, 5) is 24.5. The third-order valence-corrected chi connectivity index (χ3v) is 13.0. The molecule has 0 spiro atoms. The summed E-state index contributed by atoms with van der Waals surface area (Å²) in [7, 11) is 0. The van der Waals surface area contributed by atoms with Gasteiger partial charge in [0.05, 0.1) is 25.4 Å². The Kier molecular flexibility index (Phi) is 51.6. The number of aliphatic hydroxyl groups is 2. The van der Waals surface area contributed by atoms with Crippen molar-refractivity contribution < 1.29 is 24.5 Å². The number of hydrogen-bond acceptors (Lipinski definition) is 5. The summed E-state index contributed by atoms with van der Waals surface area (Å²) < 4.78 is 5.46. The van der Waals surface area contributed by atoms with Crippen LogP contribution in [0.4, 0.5) is 0 Å². The van der Waals surface area contributed by atoms with Crippen LogP contribution < -0.4 is 5.32 Å². The highest BCUT2D eigenvalue weighted by atomic mass is 16.5. The van der Waals surface area contributed by atoms with E-state index < -0.39 is 12.1 Å². The van der Waals surface area contributed by atoms with Crippen LogP contribution in [0.25, 0.3) is 0 Å². The molecule has 0 aliphatic carbocycles. The largest absolute Gasteiger partial charge is 0.466 e. The number of nitrogens with one attached hydrogen (secondary N) is 1. The molecule has 0 radical (unpaired) electrons. The molecule has 2 unspecified atom stereocenters. The Morgan fingerprint density at radius 2 is 0.762 bits per heavy atom. The lowest BCUT2D eigenvalue weighted by molar-refractivity contribution is -0.143. The summed E-state index contributed by atoms with van der Waals surface area (Å²) in [6.45, 7) is 4.87. The number of rotatable bonds is 52. The molecule has 0 aromatic carbocycles. The lowest BCUT2D eigenvalue weighted by Gasteiger charge is -2.22. The van der Waals surface area contributed by atoms with E-state index >= 15 is 0 Å². The topological polar surface area (TPSA) is 95.9 Å².